The van der Waals surface area contributed by atoms with Gasteiger partial charge in [0.2, 0.25) is 0 Å². The molecule has 0 aliphatic carbocycles. The first-order chi connectivity index (χ1) is 12.7. The number of rotatable bonds is 4. The Kier molecular flexibility index (Phi) is 4.98. The summed E-state index contributed by atoms with van der Waals surface area (Å²) in [4.78, 5) is 11.8. The van der Waals surface area contributed by atoms with Gasteiger partial charge >= 0.3 is 6.09 Å². The van der Waals surface area contributed by atoms with Gasteiger partial charge in [-0.3, -0.25) is 4.68 Å². The number of amides is 1. The van der Waals surface area contributed by atoms with Gasteiger partial charge in [-0.25, -0.2) is 13.9 Å². The van der Waals surface area contributed by atoms with Gasteiger partial charge in [-0.1, -0.05) is 0 Å². The molecule has 1 amide bonds. The molecule has 0 radical (unpaired) electrons. The van der Waals surface area contributed by atoms with Crippen LogP contribution < -0.4 is 5.32 Å². The zero-order valence-electron chi connectivity index (χ0n) is 15.7. The van der Waals surface area contributed by atoms with Crippen LogP contribution in [0.2, 0.25) is 0 Å². The molecule has 2 aromatic heterocycles. The largest absolute Gasteiger partial charge is 0.444 e. The molecule has 0 aliphatic rings. The summed E-state index contributed by atoms with van der Waals surface area (Å²) in [6, 6.07) is 4.62. The highest BCUT2D eigenvalue weighted by atomic mass is 19.1. The maximum absolute atomic E-state index is 14.1. The van der Waals surface area contributed by atoms with E-state index in [1.807, 2.05) is 19.3 Å². The molecule has 0 bridgehead atoms. The molecule has 1 N–H and O–H groups in total. The third-order valence-corrected chi connectivity index (χ3v) is 3.67. The van der Waals surface area contributed by atoms with Gasteiger partial charge in [0, 0.05) is 25.4 Å². The molecule has 3 aromatic rings. The van der Waals surface area contributed by atoms with Crippen molar-refractivity contribution < 1.29 is 13.9 Å². The quantitative estimate of drug-likeness (QED) is 0.762. The lowest BCUT2D eigenvalue weighted by Crippen LogP contribution is -2.32. The van der Waals surface area contributed by atoms with Crippen molar-refractivity contribution in [1.82, 2.24) is 24.9 Å². The molecule has 0 saturated carbocycles. The first kappa shape index (κ1) is 18.6. The second kappa shape index (κ2) is 7.22. The number of carbonyl (C=O) groups excluding carboxylic acids is 1. The van der Waals surface area contributed by atoms with E-state index in [9.17, 15) is 9.18 Å². The highest BCUT2D eigenvalue weighted by molar-refractivity contribution is 5.68. The van der Waals surface area contributed by atoms with E-state index in [0.717, 1.165) is 11.3 Å². The highest BCUT2D eigenvalue weighted by Gasteiger charge is 2.16. The minimum atomic E-state index is -0.585. The fraction of sp³-hybridized carbons (Fsp3) is 0.316. The summed E-state index contributed by atoms with van der Waals surface area (Å²) in [6.45, 7) is 5.52. The molecule has 3 rings (SSSR count). The van der Waals surface area contributed by atoms with Crippen molar-refractivity contribution in [1.29, 1.82) is 0 Å². The zero-order chi connectivity index (χ0) is 19.6. The third-order valence-electron chi connectivity index (χ3n) is 3.67. The second-order valence-corrected chi connectivity index (χ2v) is 7.25. The first-order valence-electron chi connectivity index (χ1n) is 8.50. The Hall–Kier alpha value is -3.16. The lowest BCUT2D eigenvalue weighted by atomic mass is 10.1. The maximum atomic E-state index is 14.1. The number of ether oxygens (including phenoxy) is 1. The molecule has 2 heterocycles. The summed E-state index contributed by atoms with van der Waals surface area (Å²) in [6.07, 6.45) is 6.44. The van der Waals surface area contributed by atoms with Crippen LogP contribution in [0.3, 0.4) is 0 Å². The molecule has 0 fully saturated rings. The van der Waals surface area contributed by atoms with E-state index in [-0.39, 0.29) is 12.4 Å². The van der Waals surface area contributed by atoms with Crippen LogP contribution in [-0.4, -0.2) is 31.3 Å². The first-order valence-corrected chi connectivity index (χ1v) is 8.50. The average Bonchev–Trinajstić information content (AvgIpc) is 3.19. The number of nitrogens with one attached hydrogen (secondary N) is 1. The van der Waals surface area contributed by atoms with E-state index < -0.39 is 11.7 Å². The fourth-order valence-corrected chi connectivity index (χ4v) is 2.55. The van der Waals surface area contributed by atoms with Gasteiger partial charge in [0.1, 0.15) is 17.1 Å². The number of nitrogens with zero attached hydrogens (tertiary/aromatic N) is 4. The SMILES string of the molecule is Cn1cc(-n2cc(-c3cc(F)cc(CNC(=O)OC(C)(C)C)c3)cn2)cn1. The molecular weight excluding hydrogens is 349 g/mol. The topological polar surface area (TPSA) is 74.0 Å². The van der Waals surface area contributed by atoms with Crippen molar-refractivity contribution in [2.75, 3.05) is 0 Å². The number of hydrogen-bond acceptors (Lipinski definition) is 4. The van der Waals surface area contributed by atoms with Gasteiger partial charge < -0.3 is 10.1 Å². The maximum Gasteiger partial charge on any atom is 0.407 e. The van der Waals surface area contributed by atoms with Crippen molar-refractivity contribution in [2.24, 2.45) is 7.05 Å². The number of benzene rings is 1. The lowest BCUT2D eigenvalue weighted by molar-refractivity contribution is 0.0523. The Labute approximate surface area is 156 Å². The van der Waals surface area contributed by atoms with Crippen LogP contribution in [0, 0.1) is 5.82 Å². The standard InChI is InChI=1S/C19H22FN5O2/c1-19(2,3)27-18(26)21-8-13-5-14(7-16(20)6-13)15-9-23-25(11-15)17-10-22-24(4)12-17/h5-7,9-12H,8H2,1-4H3,(H,21,26). The van der Waals surface area contributed by atoms with E-state index in [2.05, 4.69) is 15.5 Å². The van der Waals surface area contributed by atoms with Gasteiger partial charge in [-0.2, -0.15) is 10.2 Å². The van der Waals surface area contributed by atoms with Crippen LogP contribution in [0.15, 0.2) is 43.0 Å². The molecule has 7 nitrogen and oxygen atoms in total. The van der Waals surface area contributed by atoms with Crippen molar-refractivity contribution >= 4 is 6.09 Å². The monoisotopic (exact) mass is 371 g/mol. The number of carbonyl (C=O) groups is 1. The van der Waals surface area contributed by atoms with Crippen molar-refractivity contribution in [2.45, 2.75) is 32.9 Å². The summed E-state index contributed by atoms with van der Waals surface area (Å²) in [5.74, 6) is -0.386. The van der Waals surface area contributed by atoms with Gasteiger partial charge in [0.15, 0.2) is 0 Å². The predicted octanol–water partition coefficient (Wildman–Crippen LogP) is 3.44. The molecule has 27 heavy (non-hydrogen) atoms. The van der Waals surface area contributed by atoms with Crippen molar-refractivity contribution in [3.05, 3.63) is 54.4 Å². The van der Waals surface area contributed by atoms with Crippen LogP contribution in [0.5, 0.6) is 0 Å². The summed E-state index contributed by atoms with van der Waals surface area (Å²) in [5, 5.41) is 11.0. The van der Waals surface area contributed by atoms with E-state index >= 15 is 0 Å². The van der Waals surface area contributed by atoms with Crippen LogP contribution in [0.25, 0.3) is 16.8 Å². The van der Waals surface area contributed by atoms with Gasteiger partial charge in [-0.15, -0.1) is 0 Å². The van der Waals surface area contributed by atoms with E-state index in [1.165, 1.54) is 12.1 Å². The Morgan fingerprint density at radius 1 is 1.15 bits per heavy atom. The molecule has 8 heteroatoms. The second-order valence-electron chi connectivity index (χ2n) is 7.25. The van der Waals surface area contributed by atoms with E-state index in [4.69, 9.17) is 4.74 Å². The average molecular weight is 371 g/mol. The molecule has 1 aromatic carbocycles. The number of aryl methyl sites for hydroxylation is 1. The van der Waals surface area contributed by atoms with Crippen LogP contribution in [-0.2, 0) is 18.3 Å². The summed E-state index contributed by atoms with van der Waals surface area (Å²) < 4.78 is 22.6. The molecule has 0 saturated heterocycles. The molecule has 0 spiro atoms. The Morgan fingerprint density at radius 2 is 1.93 bits per heavy atom. The molecular formula is C19H22FN5O2. The Balaban J connectivity index is 1.76. The number of halogens is 1. The van der Waals surface area contributed by atoms with Crippen LogP contribution >= 0.6 is 0 Å². The summed E-state index contributed by atoms with van der Waals surface area (Å²) in [5.41, 5.74) is 2.29. The van der Waals surface area contributed by atoms with E-state index in [1.54, 1.807) is 48.7 Å². The minimum Gasteiger partial charge on any atom is -0.444 e. The van der Waals surface area contributed by atoms with Gasteiger partial charge in [0.25, 0.3) is 0 Å². The Morgan fingerprint density at radius 3 is 2.59 bits per heavy atom. The molecule has 0 unspecified atom stereocenters. The van der Waals surface area contributed by atoms with E-state index in [0.29, 0.717) is 11.1 Å². The summed E-state index contributed by atoms with van der Waals surface area (Å²) in [7, 11) is 1.82. The molecule has 142 valence electrons. The third kappa shape index (κ3) is 4.93. The molecule has 0 atom stereocenters. The Bertz CT molecular complexity index is 955. The number of hydrogen-bond donors (Lipinski definition) is 1. The smallest absolute Gasteiger partial charge is 0.407 e. The number of alkyl carbamates (subject to hydrolysis) is 1. The molecule has 0 aliphatic heterocycles. The van der Waals surface area contributed by atoms with Gasteiger partial charge in [-0.05, 0) is 50.1 Å². The van der Waals surface area contributed by atoms with Crippen LogP contribution in [0.4, 0.5) is 9.18 Å². The lowest BCUT2D eigenvalue weighted by Gasteiger charge is -2.19. The van der Waals surface area contributed by atoms with Gasteiger partial charge in [0.05, 0.1) is 18.6 Å². The zero-order valence-corrected chi connectivity index (χ0v) is 15.7. The normalized spacial score (nSPS) is 11.4. The minimum absolute atomic E-state index is 0.163. The predicted molar refractivity (Wildman–Crippen MR) is 98.8 cm³/mol. The highest BCUT2D eigenvalue weighted by Crippen LogP contribution is 2.23. The number of aromatic nitrogens is 4. The fourth-order valence-electron chi connectivity index (χ4n) is 2.55. The van der Waals surface area contributed by atoms with Crippen molar-refractivity contribution in [3.63, 3.8) is 0 Å². The van der Waals surface area contributed by atoms with Crippen molar-refractivity contribution in [3.8, 4) is 16.8 Å². The summed E-state index contributed by atoms with van der Waals surface area (Å²) >= 11 is 0. The van der Waals surface area contributed by atoms with Crippen LogP contribution in [0.1, 0.15) is 26.3 Å².